The van der Waals surface area contributed by atoms with E-state index in [0.717, 1.165) is 37.6 Å². The average Bonchev–Trinajstić information content (AvgIpc) is 3.34. The van der Waals surface area contributed by atoms with Gasteiger partial charge in [0.1, 0.15) is 0 Å². The van der Waals surface area contributed by atoms with Gasteiger partial charge in [0.15, 0.2) is 0 Å². The van der Waals surface area contributed by atoms with Crippen LogP contribution in [0.5, 0.6) is 0 Å². The summed E-state index contributed by atoms with van der Waals surface area (Å²) in [4.78, 5) is 6.24. The van der Waals surface area contributed by atoms with Crippen LogP contribution < -0.4 is 4.90 Å². The Morgan fingerprint density at radius 2 is 1.89 bits per heavy atom. The fraction of sp³-hybridized carbons (Fsp3) is 0.357. The van der Waals surface area contributed by atoms with Crippen molar-refractivity contribution in [2.24, 2.45) is 0 Å². The van der Waals surface area contributed by atoms with Crippen LogP contribution in [0.4, 0.5) is 18.9 Å². The number of halogens is 3. The van der Waals surface area contributed by atoms with Crippen molar-refractivity contribution in [1.82, 2.24) is 9.55 Å². The van der Waals surface area contributed by atoms with E-state index < -0.39 is 11.7 Å². The van der Waals surface area contributed by atoms with Crippen LogP contribution in [0.1, 0.15) is 55.5 Å². The van der Waals surface area contributed by atoms with Crippen LogP contribution in [-0.4, -0.2) is 22.1 Å². The molecular weight excluding hydrogens is 449 g/mol. The Balaban J connectivity index is 0.000000420. The summed E-state index contributed by atoms with van der Waals surface area (Å²) in [7, 11) is 0. The molecule has 0 amide bonds. The number of alkyl halides is 3. The van der Waals surface area contributed by atoms with E-state index in [1.807, 2.05) is 36.2 Å². The van der Waals surface area contributed by atoms with Crippen molar-refractivity contribution in [1.29, 1.82) is 5.26 Å². The molecule has 1 atom stereocenters. The first-order valence-electron chi connectivity index (χ1n) is 11.9. The molecule has 35 heavy (non-hydrogen) atoms. The minimum Gasteiger partial charge on any atom is -0.368 e. The zero-order valence-corrected chi connectivity index (χ0v) is 20.4. The fourth-order valence-corrected chi connectivity index (χ4v) is 4.43. The zero-order valence-electron chi connectivity index (χ0n) is 20.4. The van der Waals surface area contributed by atoms with Crippen LogP contribution in [0.2, 0.25) is 0 Å². The van der Waals surface area contributed by atoms with Crippen LogP contribution >= 0.6 is 0 Å². The van der Waals surface area contributed by atoms with E-state index >= 15 is 0 Å². The van der Waals surface area contributed by atoms with Crippen molar-refractivity contribution >= 4 is 11.3 Å². The summed E-state index contributed by atoms with van der Waals surface area (Å²) in [6.45, 7) is 7.49. The van der Waals surface area contributed by atoms with Gasteiger partial charge in [0.25, 0.3) is 0 Å². The SMILES string of the molecule is CCN(c1ccc(C#N)c(C(F)(F)F)c1)C1CCC=C(c2cncn2CC)C1.Cc1ccccc1. The Bertz CT molecular complexity index is 1170. The number of hydrogen-bond donors (Lipinski definition) is 0. The molecular formula is C28H31F3N4. The smallest absolute Gasteiger partial charge is 0.368 e. The molecule has 0 bridgehead atoms. The Labute approximate surface area is 205 Å². The van der Waals surface area contributed by atoms with Crippen molar-refractivity contribution in [3.05, 3.63) is 89.5 Å². The van der Waals surface area contributed by atoms with Gasteiger partial charge >= 0.3 is 6.18 Å². The topological polar surface area (TPSA) is 44.9 Å². The number of rotatable bonds is 5. The first kappa shape index (κ1) is 26.1. The number of imidazole rings is 1. The van der Waals surface area contributed by atoms with Crippen LogP contribution in [0.15, 0.2) is 67.1 Å². The molecule has 1 aliphatic carbocycles. The van der Waals surface area contributed by atoms with Gasteiger partial charge in [-0.3, -0.25) is 0 Å². The largest absolute Gasteiger partial charge is 0.417 e. The average molecular weight is 481 g/mol. The van der Waals surface area contributed by atoms with Gasteiger partial charge in [-0.1, -0.05) is 42.0 Å². The summed E-state index contributed by atoms with van der Waals surface area (Å²) < 4.78 is 42.2. The highest BCUT2D eigenvalue weighted by Gasteiger charge is 2.35. The summed E-state index contributed by atoms with van der Waals surface area (Å²) in [6.07, 6.45) is 3.79. The zero-order chi connectivity index (χ0) is 25.4. The van der Waals surface area contributed by atoms with Crippen LogP contribution in [0.25, 0.3) is 5.57 Å². The summed E-state index contributed by atoms with van der Waals surface area (Å²) in [5.74, 6) is 0. The van der Waals surface area contributed by atoms with Gasteiger partial charge in [-0.25, -0.2) is 4.98 Å². The highest BCUT2D eigenvalue weighted by atomic mass is 19.4. The van der Waals surface area contributed by atoms with E-state index in [4.69, 9.17) is 5.26 Å². The number of benzene rings is 2. The highest BCUT2D eigenvalue weighted by Crippen LogP contribution is 2.37. The van der Waals surface area contributed by atoms with Crippen molar-refractivity contribution in [3.8, 4) is 6.07 Å². The fourth-order valence-electron chi connectivity index (χ4n) is 4.43. The van der Waals surface area contributed by atoms with Crippen LogP contribution in [0.3, 0.4) is 0 Å². The highest BCUT2D eigenvalue weighted by molar-refractivity contribution is 5.65. The molecule has 1 aliphatic rings. The quantitative estimate of drug-likeness (QED) is 0.386. The van der Waals surface area contributed by atoms with Crippen molar-refractivity contribution in [2.45, 2.75) is 58.8 Å². The molecule has 1 heterocycles. The van der Waals surface area contributed by atoms with Crippen molar-refractivity contribution in [3.63, 3.8) is 0 Å². The minimum absolute atomic E-state index is 0.0965. The molecule has 3 aromatic rings. The lowest BCUT2D eigenvalue weighted by Crippen LogP contribution is -2.37. The molecule has 2 aromatic carbocycles. The third-order valence-electron chi connectivity index (χ3n) is 6.21. The van der Waals surface area contributed by atoms with Gasteiger partial charge in [-0.2, -0.15) is 18.4 Å². The standard InChI is InChI=1S/C21H23F3N4.C7H8/c1-3-27-14-26-13-20(27)15-6-5-7-17(10-15)28(4-2)18-9-8-16(12-25)19(11-18)21(22,23)24;1-7-5-3-2-4-6-7/h6,8-9,11,13-14,17H,3-5,7,10H2,1-2H3;2-6H,1H3. The second kappa shape index (κ2) is 11.7. The molecule has 4 nitrogen and oxygen atoms in total. The summed E-state index contributed by atoms with van der Waals surface area (Å²) in [5, 5.41) is 9.03. The second-order valence-electron chi connectivity index (χ2n) is 8.51. The van der Waals surface area contributed by atoms with E-state index in [9.17, 15) is 13.2 Å². The molecule has 0 aliphatic heterocycles. The van der Waals surface area contributed by atoms with Gasteiger partial charge < -0.3 is 9.47 Å². The Hall–Kier alpha value is -3.53. The maximum absolute atomic E-state index is 13.4. The van der Waals surface area contributed by atoms with Crippen molar-refractivity contribution < 1.29 is 13.2 Å². The first-order valence-corrected chi connectivity index (χ1v) is 11.9. The maximum atomic E-state index is 13.4. The third-order valence-corrected chi connectivity index (χ3v) is 6.21. The number of allylic oxidation sites excluding steroid dienone is 1. The normalized spacial score (nSPS) is 15.5. The number of hydrogen-bond acceptors (Lipinski definition) is 3. The van der Waals surface area contributed by atoms with Gasteiger partial charge in [0.05, 0.1) is 35.4 Å². The summed E-state index contributed by atoms with van der Waals surface area (Å²) >= 11 is 0. The number of anilines is 1. The number of aryl methyl sites for hydroxylation is 2. The monoisotopic (exact) mass is 480 g/mol. The molecule has 0 spiro atoms. The van der Waals surface area contributed by atoms with E-state index in [1.165, 1.54) is 17.2 Å². The molecule has 0 radical (unpaired) electrons. The Morgan fingerprint density at radius 1 is 1.14 bits per heavy atom. The summed E-state index contributed by atoms with van der Waals surface area (Å²) in [5.41, 5.74) is 2.86. The van der Waals surface area contributed by atoms with E-state index in [2.05, 4.69) is 41.6 Å². The maximum Gasteiger partial charge on any atom is 0.417 e. The van der Waals surface area contributed by atoms with Crippen LogP contribution in [0, 0.1) is 18.3 Å². The van der Waals surface area contributed by atoms with Gasteiger partial charge in [-0.05, 0) is 63.8 Å². The lowest BCUT2D eigenvalue weighted by Gasteiger charge is -2.36. The Morgan fingerprint density at radius 3 is 2.46 bits per heavy atom. The number of aromatic nitrogens is 2. The lowest BCUT2D eigenvalue weighted by molar-refractivity contribution is -0.137. The predicted octanol–water partition coefficient (Wildman–Crippen LogP) is 7.25. The first-order chi connectivity index (χ1) is 16.8. The molecule has 1 unspecified atom stereocenters. The molecule has 4 rings (SSSR count). The predicted molar refractivity (Wildman–Crippen MR) is 134 cm³/mol. The molecule has 184 valence electrons. The molecule has 0 N–H and O–H groups in total. The molecule has 0 fully saturated rings. The number of nitrogens with zero attached hydrogens (tertiary/aromatic N) is 4. The van der Waals surface area contributed by atoms with Gasteiger partial charge in [0.2, 0.25) is 0 Å². The third kappa shape index (κ3) is 6.54. The van der Waals surface area contributed by atoms with Crippen LogP contribution in [-0.2, 0) is 12.7 Å². The second-order valence-corrected chi connectivity index (χ2v) is 8.51. The molecule has 0 saturated heterocycles. The molecule has 0 saturated carbocycles. The lowest BCUT2D eigenvalue weighted by atomic mass is 9.91. The van der Waals surface area contributed by atoms with Gasteiger partial charge in [-0.15, -0.1) is 0 Å². The van der Waals surface area contributed by atoms with E-state index in [0.29, 0.717) is 12.2 Å². The minimum atomic E-state index is -4.55. The van der Waals surface area contributed by atoms with Crippen molar-refractivity contribution in [2.75, 3.05) is 11.4 Å². The summed E-state index contributed by atoms with van der Waals surface area (Å²) in [6, 6.07) is 16.0. The van der Waals surface area contributed by atoms with E-state index in [1.54, 1.807) is 18.5 Å². The molecule has 1 aromatic heterocycles. The Kier molecular flexibility index (Phi) is 8.75. The van der Waals surface area contributed by atoms with Gasteiger partial charge in [0, 0.05) is 24.8 Å². The molecule has 7 heteroatoms. The number of nitriles is 1. The van der Waals surface area contributed by atoms with E-state index in [-0.39, 0.29) is 11.6 Å².